The van der Waals surface area contributed by atoms with E-state index in [1.165, 1.54) is 83.2 Å². The van der Waals surface area contributed by atoms with E-state index >= 15 is 0 Å². The number of thioether (sulfide) groups is 1. The minimum atomic E-state index is 0. The first-order valence-corrected chi connectivity index (χ1v) is 16.2. The molecule has 3 aliphatic heterocycles. The number of fused-ring (bicyclic) bond motifs is 1. The van der Waals surface area contributed by atoms with Gasteiger partial charge in [-0.3, -0.25) is 10.6 Å². The Bertz CT molecular complexity index is 746. The standard InChI is InChI=1S/C29H51ClN4S.CH4.2H2O/c1-19(2)26(16-34-14-13-24(29(3,4)18-34)20-9-11-21(30)12-10-20)32-28-33-27(17-35-28)23-15-31-25-8-6-5-7-22(23)25;;;/h15,19-22,24-28,31-33H,5-14,16-18H2,1-4H3;1H4;2*1H2/t20?,21?,22?,24?,25?,26-,27?,28?;;;/m0.../s1. The number of piperidine rings is 1. The molecular weight excluding hydrogens is 516 g/mol. The van der Waals surface area contributed by atoms with Crippen LogP contribution in [0.1, 0.15) is 92.9 Å². The van der Waals surface area contributed by atoms with Gasteiger partial charge >= 0.3 is 0 Å². The first-order valence-electron chi connectivity index (χ1n) is 14.8. The fourth-order valence-electron chi connectivity index (χ4n) is 8.08. The highest BCUT2D eigenvalue weighted by molar-refractivity contribution is 8.00. The number of likely N-dealkylation sites (tertiary alicyclic amines) is 1. The molecule has 224 valence electrons. The molecule has 6 nitrogen and oxygen atoms in total. The Labute approximate surface area is 242 Å². The van der Waals surface area contributed by atoms with Gasteiger partial charge in [-0.25, -0.2) is 0 Å². The zero-order valence-corrected chi connectivity index (χ0v) is 25.3. The third-order valence-electron chi connectivity index (χ3n) is 10.1. The minimum absolute atomic E-state index is 0. The number of alkyl halides is 1. The molecule has 5 rings (SSSR count). The second kappa shape index (κ2) is 14.7. The average molecular weight is 575 g/mol. The molecule has 0 amide bonds. The topological polar surface area (TPSA) is 102 Å². The lowest BCUT2D eigenvalue weighted by Gasteiger charge is -2.49. The third-order valence-corrected chi connectivity index (χ3v) is 11.7. The maximum Gasteiger partial charge on any atom is 0.106 e. The van der Waals surface area contributed by atoms with Gasteiger partial charge in [0.1, 0.15) is 5.50 Å². The Hall–Kier alpha value is -0.0200. The van der Waals surface area contributed by atoms with Crippen LogP contribution in [0.5, 0.6) is 0 Å². The van der Waals surface area contributed by atoms with Gasteiger partial charge in [-0.15, -0.1) is 23.4 Å². The van der Waals surface area contributed by atoms with Crippen LogP contribution in [0.3, 0.4) is 0 Å². The quantitative estimate of drug-likeness (QED) is 0.380. The molecule has 0 spiro atoms. The molecule has 0 bridgehead atoms. The van der Waals surface area contributed by atoms with Crippen molar-refractivity contribution in [3.8, 4) is 0 Å². The fraction of sp³-hybridized carbons (Fsp3) is 0.933. The largest absolute Gasteiger partial charge is 0.412 e. The van der Waals surface area contributed by atoms with Crippen LogP contribution >= 0.6 is 23.4 Å². The molecule has 2 saturated heterocycles. The molecule has 6 atom stereocenters. The summed E-state index contributed by atoms with van der Waals surface area (Å²) in [4.78, 5) is 2.77. The summed E-state index contributed by atoms with van der Waals surface area (Å²) >= 11 is 8.50. The van der Waals surface area contributed by atoms with Gasteiger partial charge in [-0.1, -0.05) is 48.0 Å². The Morgan fingerprint density at radius 3 is 2.47 bits per heavy atom. The van der Waals surface area contributed by atoms with E-state index in [0.29, 0.717) is 40.3 Å². The van der Waals surface area contributed by atoms with Gasteiger partial charge in [0.2, 0.25) is 0 Å². The van der Waals surface area contributed by atoms with Crippen molar-refractivity contribution in [1.29, 1.82) is 0 Å². The molecule has 2 saturated carbocycles. The van der Waals surface area contributed by atoms with Crippen LogP contribution in [0.2, 0.25) is 0 Å². The van der Waals surface area contributed by atoms with Gasteiger partial charge < -0.3 is 21.2 Å². The zero-order valence-electron chi connectivity index (χ0n) is 23.7. The Balaban J connectivity index is 0.00000169. The molecule has 0 aromatic rings. The van der Waals surface area contributed by atoms with Gasteiger partial charge in [0.15, 0.2) is 0 Å². The van der Waals surface area contributed by atoms with Crippen LogP contribution in [-0.2, 0) is 0 Å². The smallest absolute Gasteiger partial charge is 0.106 e. The number of halogens is 1. The molecular formula is C30H59ClN4O2S. The molecule has 38 heavy (non-hydrogen) atoms. The number of nitrogens with zero attached hydrogens (tertiary/aromatic N) is 1. The van der Waals surface area contributed by atoms with Crippen molar-refractivity contribution in [3.63, 3.8) is 0 Å². The molecule has 3 heterocycles. The van der Waals surface area contributed by atoms with Crippen LogP contribution in [0.25, 0.3) is 0 Å². The lowest BCUT2D eigenvalue weighted by Crippen LogP contribution is -2.55. The van der Waals surface area contributed by atoms with Crippen molar-refractivity contribution in [3.05, 3.63) is 11.8 Å². The molecule has 0 radical (unpaired) electrons. The van der Waals surface area contributed by atoms with Gasteiger partial charge in [0, 0.05) is 48.3 Å². The Kier molecular flexibility index (Phi) is 13.3. The van der Waals surface area contributed by atoms with Crippen molar-refractivity contribution in [2.45, 2.75) is 122 Å². The Morgan fingerprint density at radius 1 is 1.08 bits per heavy atom. The van der Waals surface area contributed by atoms with Gasteiger partial charge in [-0.2, -0.15) is 0 Å². The SMILES string of the molecule is C.CC(C)[C@H](CN1CCC(C2CCC(Cl)CC2)C(C)(C)C1)NC1NC(C2=CNC3CCCCC23)CS1.O.O. The van der Waals surface area contributed by atoms with Crippen molar-refractivity contribution >= 4 is 23.4 Å². The highest BCUT2D eigenvalue weighted by Gasteiger charge is 2.42. The van der Waals surface area contributed by atoms with E-state index < -0.39 is 0 Å². The molecule has 4 fully saturated rings. The summed E-state index contributed by atoms with van der Waals surface area (Å²) in [6.07, 6.45) is 14.4. The van der Waals surface area contributed by atoms with E-state index in [4.69, 9.17) is 11.6 Å². The molecule has 7 N–H and O–H groups in total. The van der Waals surface area contributed by atoms with E-state index in [1.807, 2.05) is 0 Å². The average Bonchev–Trinajstić information content (AvgIpc) is 3.46. The lowest BCUT2D eigenvalue weighted by molar-refractivity contribution is 0.00458. The normalized spacial score (nSPS) is 37.6. The van der Waals surface area contributed by atoms with E-state index in [2.05, 4.69) is 66.5 Å². The maximum atomic E-state index is 6.42. The molecule has 0 aromatic heterocycles. The predicted octanol–water partition coefficient (Wildman–Crippen LogP) is 4.77. The fourth-order valence-corrected chi connectivity index (χ4v) is 9.54. The van der Waals surface area contributed by atoms with E-state index in [0.717, 1.165) is 17.8 Å². The molecule has 8 heteroatoms. The number of rotatable bonds is 7. The first kappa shape index (κ1) is 34.2. The lowest BCUT2D eigenvalue weighted by atomic mass is 9.64. The van der Waals surface area contributed by atoms with E-state index in [9.17, 15) is 0 Å². The Morgan fingerprint density at radius 2 is 1.79 bits per heavy atom. The van der Waals surface area contributed by atoms with Gasteiger partial charge in [0.25, 0.3) is 0 Å². The summed E-state index contributed by atoms with van der Waals surface area (Å²) in [6.45, 7) is 13.5. The second-order valence-corrected chi connectivity index (χ2v) is 15.1. The van der Waals surface area contributed by atoms with Crippen molar-refractivity contribution in [2.75, 3.05) is 25.4 Å². The van der Waals surface area contributed by atoms with Crippen molar-refractivity contribution in [2.24, 2.45) is 29.1 Å². The van der Waals surface area contributed by atoms with Crippen LogP contribution in [-0.4, -0.2) is 70.2 Å². The van der Waals surface area contributed by atoms with E-state index in [1.54, 1.807) is 5.57 Å². The molecule has 5 aliphatic rings. The van der Waals surface area contributed by atoms with Crippen molar-refractivity contribution < 1.29 is 11.0 Å². The van der Waals surface area contributed by atoms with Gasteiger partial charge in [-0.05, 0) is 86.4 Å². The van der Waals surface area contributed by atoms with E-state index in [-0.39, 0.29) is 18.4 Å². The summed E-state index contributed by atoms with van der Waals surface area (Å²) < 4.78 is 0. The second-order valence-electron chi connectivity index (χ2n) is 13.4. The summed E-state index contributed by atoms with van der Waals surface area (Å²) in [5.41, 5.74) is 2.42. The summed E-state index contributed by atoms with van der Waals surface area (Å²) in [6, 6.07) is 1.76. The molecule has 5 unspecified atom stereocenters. The van der Waals surface area contributed by atoms with Crippen LogP contribution < -0.4 is 16.0 Å². The summed E-state index contributed by atoms with van der Waals surface area (Å²) in [5.74, 6) is 4.34. The van der Waals surface area contributed by atoms with Crippen LogP contribution in [0.4, 0.5) is 0 Å². The predicted molar refractivity (Wildman–Crippen MR) is 166 cm³/mol. The monoisotopic (exact) mass is 574 g/mol. The van der Waals surface area contributed by atoms with Gasteiger partial charge in [0.05, 0.1) is 0 Å². The van der Waals surface area contributed by atoms with Crippen LogP contribution in [0, 0.1) is 29.1 Å². The summed E-state index contributed by atoms with van der Waals surface area (Å²) in [5, 5.41) is 12.2. The highest BCUT2D eigenvalue weighted by Crippen LogP contribution is 2.45. The number of nitrogens with one attached hydrogen (secondary N) is 3. The van der Waals surface area contributed by atoms with Crippen LogP contribution in [0.15, 0.2) is 11.8 Å². The molecule has 2 aliphatic carbocycles. The highest BCUT2D eigenvalue weighted by atomic mass is 35.5. The first-order chi connectivity index (χ1) is 16.8. The molecule has 0 aromatic carbocycles. The van der Waals surface area contributed by atoms with Crippen molar-refractivity contribution in [1.82, 2.24) is 20.9 Å². The third kappa shape index (κ3) is 7.83. The zero-order chi connectivity index (χ0) is 24.6. The minimum Gasteiger partial charge on any atom is -0.412 e. The summed E-state index contributed by atoms with van der Waals surface area (Å²) in [7, 11) is 0. The number of hydrogen-bond acceptors (Lipinski definition) is 5. The maximum absolute atomic E-state index is 6.42. The number of hydrogen-bond donors (Lipinski definition) is 3.